The van der Waals surface area contributed by atoms with Crippen LogP contribution in [0.25, 0.3) is 6.08 Å². The van der Waals surface area contributed by atoms with Crippen LogP contribution in [0.4, 0.5) is 5.13 Å². The van der Waals surface area contributed by atoms with E-state index in [1.54, 1.807) is 0 Å². The number of allylic oxidation sites excluding steroid dienone is 3. The molecule has 7 nitrogen and oxygen atoms in total. The van der Waals surface area contributed by atoms with Gasteiger partial charge in [-0.25, -0.2) is 9.78 Å². The number of rotatable bonds is 6. The van der Waals surface area contributed by atoms with Crippen LogP contribution in [0.1, 0.15) is 40.3 Å². The normalized spacial score (nSPS) is 14.0. The number of nitrogens with two attached hydrogens (primary N) is 1. The first-order valence-corrected chi connectivity index (χ1v) is 10.4. The maximum absolute atomic E-state index is 11.6. The van der Waals surface area contributed by atoms with Gasteiger partial charge in [-0.15, -0.1) is 0 Å². The van der Waals surface area contributed by atoms with Crippen molar-refractivity contribution in [1.29, 1.82) is 0 Å². The van der Waals surface area contributed by atoms with Gasteiger partial charge in [0.2, 0.25) is 5.91 Å². The average molecular weight is 430 g/mol. The molecule has 0 atom stereocenters. The molecule has 1 aromatic carbocycles. The van der Waals surface area contributed by atoms with Gasteiger partial charge < -0.3 is 20.5 Å². The van der Waals surface area contributed by atoms with Crippen molar-refractivity contribution in [2.45, 2.75) is 20.3 Å². The number of nitrogens with zero attached hydrogens (tertiary/aromatic N) is 2. The fourth-order valence-electron chi connectivity index (χ4n) is 2.73. The highest BCUT2D eigenvalue weighted by Crippen LogP contribution is 2.28. The zero-order valence-electron chi connectivity index (χ0n) is 17.2. The van der Waals surface area contributed by atoms with Crippen LogP contribution in [0, 0.1) is 0 Å². The van der Waals surface area contributed by atoms with Crippen LogP contribution in [-0.2, 0) is 16.0 Å². The van der Waals surface area contributed by atoms with E-state index in [-0.39, 0.29) is 5.91 Å². The second-order valence-corrected chi connectivity index (χ2v) is 7.57. The Morgan fingerprint density at radius 2 is 1.87 bits per heavy atom. The lowest BCUT2D eigenvalue weighted by molar-refractivity contribution is -0.115. The molecule has 160 valence electrons. The number of morpholine rings is 1. The molecule has 0 bridgehead atoms. The quantitative estimate of drug-likeness (QED) is 0.682. The van der Waals surface area contributed by atoms with E-state index in [2.05, 4.69) is 15.6 Å². The Balaban J connectivity index is 0.000000735. The van der Waals surface area contributed by atoms with Crippen molar-refractivity contribution < 1.29 is 19.4 Å². The summed E-state index contributed by atoms with van der Waals surface area (Å²) in [5, 5.41) is 10.3. The number of anilines is 1. The van der Waals surface area contributed by atoms with Gasteiger partial charge >= 0.3 is 5.97 Å². The Kier molecular flexibility index (Phi) is 9.24. The Bertz CT molecular complexity index is 894. The van der Waals surface area contributed by atoms with Gasteiger partial charge in [0.05, 0.1) is 18.9 Å². The average Bonchev–Trinajstić information content (AvgIpc) is 3.14. The summed E-state index contributed by atoms with van der Waals surface area (Å²) in [6.07, 6.45) is 8.50. The molecular formula is C22H27N3O4S. The molecule has 8 heteroatoms. The van der Waals surface area contributed by atoms with E-state index < -0.39 is 5.97 Å². The highest BCUT2D eigenvalue weighted by Gasteiger charge is 2.22. The van der Waals surface area contributed by atoms with Crippen LogP contribution in [-0.4, -0.2) is 48.3 Å². The SMILES string of the molecule is C/C=C\C=C/c1ccc(Cc2nc(N3CCOCC3)sc2C(=O)O)cc1.CC(N)=O. The molecule has 3 N–H and O–H groups in total. The lowest BCUT2D eigenvalue weighted by Crippen LogP contribution is -2.36. The summed E-state index contributed by atoms with van der Waals surface area (Å²) in [5.41, 5.74) is 7.26. The molecule has 30 heavy (non-hydrogen) atoms. The van der Waals surface area contributed by atoms with E-state index >= 15 is 0 Å². The Morgan fingerprint density at radius 1 is 1.23 bits per heavy atom. The molecule has 1 aliphatic rings. The molecule has 1 aromatic heterocycles. The number of carboxylic acid groups (broad SMARTS) is 1. The molecule has 3 rings (SSSR count). The number of amides is 1. The van der Waals surface area contributed by atoms with Crippen LogP contribution in [0.3, 0.4) is 0 Å². The smallest absolute Gasteiger partial charge is 0.347 e. The molecular weight excluding hydrogens is 402 g/mol. The summed E-state index contributed by atoms with van der Waals surface area (Å²) in [6, 6.07) is 8.11. The zero-order valence-corrected chi connectivity index (χ0v) is 18.0. The van der Waals surface area contributed by atoms with Crippen molar-refractivity contribution in [3.63, 3.8) is 0 Å². The number of hydrogen-bond acceptors (Lipinski definition) is 6. The third-order valence-corrected chi connectivity index (χ3v) is 5.25. The predicted octanol–water partition coefficient (Wildman–Crippen LogP) is 3.35. The number of carbonyl (C=O) groups excluding carboxylic acids is 1. The summed E-state index contributed by atoms with van der Waals surface area (Å²) >= 11 is 1.25. The predicted molar refractivity (Wildman–Crippen MR) is 120 cm³/mol. The van der Waals surface area contributed by atoms with E-state index in [0.717, 1.165) is 29.3 Å². The van der Waals surface area contributed by atoms with Crippen molar-refractivity contribution in [2.75, 3.05) is 31.2 Å². The number of hydrogen-bond donors (Lipinski definition) is 2. The van der Waals surface area contributed by atoms with Gasteiger partial charge in [0, 0.05) is 26.4 Å². The summed E-state index contributed by atoms with van der Waals surface area (Å²) in [7, 11) is 0. The summed E-state index contributed by atoms with van der Waals surface area (Å²) in [4.78, 5) is 27.9. The number of primary amides is 1. The third kappa shape index (κ3) is 7.46. The standard InChI is InChI=1S/C20H22N2O3S.C2H5NO/c1-2-3-4-5-15-6-8-16(9-7-15)14-17-18(19(23)24)26-20(21-17)22-10-12-25-13-11-22;1-2(3)4/h2-9H,10-14H2,1H3,(H,23,24);1H3,(H2,3,4)/b3-2-,5-4-;. The lowest BCUT2D eigenvalue weighted by Gasteiger charge is -2.26. The fraction of sp³-hybridized carbons (Fsp3) is 0.318. The summed E-state index contributed by atoms with van der Waals surface area (Å²) in [5.74, 6) is -1.25. The minimum atomic E-state index is -0.914. The van der Waals surface area contributed by atoms with Crippen molar-refractivity contribution >= 4 is 34.4 Å². The Morgan fingerprint density at radius 3 is 2.43 bits per heavy atom. The minimum absolute atomic E-state index is 0.323. The maximum atomic E-state index is 11.6. The zero-order chi connectivity index (χ0) is 21.9. The molecule has 0 unspecified atom stereocenters. The van der Waals surface area contributed by atoms with Gasteiger partial charge in [-0.2, -0.15) is 0 Å². The second kappa shape index (κ2) is 11.9. The van der Waals surface area contributed by atoms with Crippen LogP contribution in [0.2, 0.25) is 0 Å². The molecule has 1 amide bonds. The summed E-state index contributed by atoms with van der Waals surface area (Å²) < 4.78 is 5.36. The monoisotopic (exact) mass is 429 g/mol. The first-order chi connectivity index (χ1) is 14.4. The maximum Gasteiger partial charge on any atom is 0.347 e. The molecule has 2 aromatic rings. The number of thiazole rings is 1. The lowest BCUT2D eigenvalue weighted by atomic mass is 10.1. The number of benzene rings is 1. The fourth-order valence-corrected chi connectivity index (χ4v) is 3.71. The van der Waals surface area contributed by atoms with Crippen LogP contribution in [0.15, 0.2) is 42.5 Å². The molecule has 0 spiro atoms. The molecule has 0 saturated carbocycles. The molecule has 1 saturated heterocycles. The van der Waals surface area contributed by atoms with Gasteiger partial charge in [0.1, 0.15) is 4.88 Å². The van der Waals surface area contributed by atoms with Crippen LogP contribution < -0.4 is 10.6 Å². The topological polar surface area (TPSA) is 106 Å². The molecule has 0 radical (unpaired) electrons. The van der Waals surface area contributed by atoms with Crippen molar-refractivity contribution in [1.82, 2.24) is 4.98 Å². The van der Waals surface area contributed by atoms with Crippen molar-refractivity contribution in [3.8, 4) is 0 Å². The van der Waals surface area contributed by atoms with Gasteiger partial charge in [-0.1, -0.05) is 59.9 Å². The third-order valence-electron chi connectivity index (χ3n) is 4.11. The highest BCUT2D eigenvalue weighted by atomic mass is 32.1. The molecule has 0 aliphatic carbocycles. The minimum Gasteiger partial charge on any atom is -0.477 e. The second-order valence-electron chi connectivity index (χ2n) is 6.59. The Labute approximate surface area is 180 Å². The number of carbonyl (C=O) groups is 2. The van der Waals surface area contributed by atoms with Gasteiger partial charge in [0.25, 0.3) is 0 Å². The van der Waals surface area contributed by atoms with Gasteiger partial charge in [0.15, 0.2) is 5.13 Å². The largest absolute Gasteiger partial charge is 0.477 e. The summed E-state index contributed by atoms with van der Waals surface area (Å²) in [6.45, 7) is 6.09. The number of carboxylic acids is 1. The highest BCUT2D eigenvalue weighted by molar-refractivity contribution is 7.17. The van der Waals surface area contributed by atoms with Crippen molar-refractivity contribution in [3.05, 3.63) is 64.2 Å². The van der Waals surface area contributed by atoms with Crippen LogP contribution >= 0.6 is 11.3 Å². The number of aromatic carboxylic acids is 1. The van der Waals surface area contributed by atoms with Gasteiger partial charge in [-0.3, -0.25) is 4.79 Å². The van der Waals surface area contributed by atoms with E-state index in [9.17, 15) is 14.7 Å². The van der Waals surface area contributed by atoms with Gasteiger partial charge in [-0.05, 0) is 18.1 Å². The first kappa shape index (κ1) is 23.3. The molecule has 1 fully saturated rings. The first-order valence-electron chi connectivity index (χ1n) is 9.60. The number of aromatic nitrogens is 1. The number of ether oxygens (including phenoxy) is 1. The van der Waals surface area contributed by atoms with E-state index in [0.29, 0.717) is 30.2 Å². The van der Waals surface area contributed by atoms with E-state index in [1.165, 1.54) is 18.3 Å². The molecule has 1 aliphatic heterocycles. The van der Waals surface area contributed by atoms with E-state index in [4.69, 9.17) is 4.74 Å². The van der Waals surface area contributed by atoms with Crippen LogP contribution in [0.5, 0.6) is 0 Å². The van der Waals surface area contributed by atoms with Crippen molar-refractivity contribution in [2.24, 2.45) is 5.73 Å². The Hall–Kier alpha value is -2.97. The van der Waals surface area contributed by atoms with E-state index in [1.807, 2.05) is 55.5 Å². The molecule has 2 heterocycles.